The summed E-state index contributed by atoms with van der Waals surface area (Å²) in [7, 11) is 0. The monoisotopic (exact) mass is 327 g/mol. The van der Waals surface area contributed by atoms with Gasteiger partial charge in [0.05, 0.1) is 13.0 Å². The predicted molar refractivity (Wildman–Crippen MR) is 62.2 cm³/mol. The number of hydrogen-bond acceptors (Lipinski definition) is 3. The van der Waals surface area contributed by atoms with Crippen LogP contribution in [0.1, 0.15) is 24.5 Å². The molecule has 94 valence electrons. The molecule has 17 heavy (non-hydrogen) atoms. The first kappa shape index (κ1) is 14.3. The van der Waals surface area contributed by atoms with Crippen molar-refractivity contribution in [3.63, 3.8) is 0 Å². The molecule has 0 bridgehead atoms. The van der Waals surface area contributed by atoms with Crippen LogP contribution in [0.4, 0.5) is 8.78 Å². The minimum Gasteiger partial charge on any atom is -0.466 e. The van der Waals surface area contributed by atoms with E-state index >= 15 is 0 Å². The summed E-state index contributed by atoms with van der Waals surface area (Å²) >= 11 is 8.67. The number of aromatic nitrogens is 1. The van der Waals surface area contributed by atoms with Gasteiger partial charge >= 0.3 is 5.97 Å². The minimum atomic E-state index is -2.74. The second kappa shape index (κ2) is 6.26. The topological polar surface area (TPSA) is 39.2 Å². The lowest BCUT2D eigenvalue weighted by Gasteiger charge is -2.11. The Morgan fingerprint density at radius 1 is 1.65 bits per heavy atom. The summed E-state index contributed by atoms with van der Waals surface area (Å²) in [4.78, 5) is 15.0. The molecule has 0 saturated heterocycles. The normalized spacial score (nSPS) is 10.7. The third-order valence-corrected chi connectivity index (χ3v) is 2.92. The average Bonchev–Trinajstić information content (AvgIpc) is 2.23. The summed E-state index contributed by atoms with van der Waals surface area (Å²) in [6, 6.07) is 0. The molecule has 0 amide bonds. The van der Waals surface area contributed by atoms with Gasteiger partial charge in [-0.25, -0.2) is 13.8 Å². The summed E-state index contributed by atoms with van der Waals surface area (Å²) in [6.45, 7) is 1.81. The largest absolute Gasteiger partial charge is 0.466 e. The van der Waals surface area contributed by atoms with Gasteiger partial charge in [0, 0.05) is 21.8 Å². The number of ether oxygens (including phenoxy) is 1. The predicted octanol–water partition coefficient (Wildman–Crippen LogP) is 3.54. The number of esters is 1. The van der Waals surface area contributed by atoms with Crippen LogP contribution in [-0.2, 0) is 16.0 Å². The van der Waals surface area contributed by atoms with Crippen LogP contribution < -0.4 is 0 Å². The van der Waals surface area contributed by atoms with Gasteiger partial charge in [-0.2, -0.15) is 0 Å². The Labute approximate surface area is 110 Å². The van der Waals surface area contributed by atoms with E-state index in [0.717, 1.165) is 0 Å². The van der Waals surface area contributed by atoms with E-state index < -0.39 is 12.4 Å². The van der Waals surface area contributed by atoms with Crippen molar-refractivity contribution in [3.05, 3.63) is 26.9 Å². The lowest BCUT2D eigenvalue weighted by atomic mass is 10.1. The molecule has 0 unspecified atom stereocenters. The number of rotatable bonds is 4. The zero-order valence-electron chi connectivity index (χ0n) is 8.84. The van der Waals surface area contributed by atoms with Crippen molar-refractivity contribution in [1.82, 2.24) is 4.98 Å². The summed E-state index contributed by atoms with van der Waals surface area (Å²) in [5.74, 6) is -0.615. The molecule has 1 aromatic rings. The highest BCUT2D eigenvalue weighted by Gasteiger charge is 2.22. The van der Waals surface area contributed by atoms with E-state index in [1.165, 1.54) is 6.20 Å². The van der Waals surface area contributed by atoms with Crippen molar-refractivity contribution in [2.45, 2.75) is 19.8 Å². The molecule has 0 spiro atoms. The maximum Gasteiger partial charge on any atom is 0.310 e. The first-order chi connectivity index (χ1) is 7.97. The molecule has 7 heteroatoms. The number of nitrogens with zero attached hydrogens (tertiary/aromatic N) is 1. The second-order valence-electron chi connectivity index (χ2n) is 3.07. The van der Waals surface area contributed by atoms with E-state index in [2.05, 4.69) is 25.7 Å². The van der Waals surface area contributed by atoms with Gasteiger partial charge in [0.25, 0.3) is 6.43 Å². The number of halogens is 4. The molecule has 3 nitrogen and oxygen atoms in total. The van der Waals surface area contributed by atoms with E-state index in [-0.39, 0.29) is 33.8 Å². The smallest absolute Gasteiger partial charge is 0.310 e. The lowest BCUT2D eigenvalue weighted by molar-refractivity contribution is -0.142. The maximum atomic E-state index is 12.8. The number of hydrogen-bond donors (Lipinski definition) is 0. The van der Waals surface area contributed by atoms with Crippen molar-refractivity contribution in [3.8, 4) is 0 Å². The molecule has 1 heterocycles. The molecule has 0 saturated carbocycles. The fraction of sp³-hybridized carbons (Fsp3) is 0.400. The third kappa shape index (κ3) is 3.61. The van der Waals surface area contributed by atoms with E-state index in [4.69, 9.17) is 11.6 Å². The van der Waals surface area contributed by atoms with Crippen LogP contribution in [0.3, 0.4) is 0 Å². The van der Waals surface area contributed by atoms with Crippen molar-refractivity contribution in [2.75, 3.05) is 6.61 Å². The van der Waals surface area contributed by atoms with Crippen LogP contribution in [-0.4, -0.2) is 17.6 Å². The standard InChI is InChI=1S/C10H9BrClF2NO2/c1-2-17-7(16)3-5-8(10(13)14)6(11)4-15-9(5)12/h4,10H,2-3H2,1H3. The molecular weight excluding hydrogens is 319 g/mol. The lowest BCUT2D eigenvalue weighted by Crippen LogP contribution is -2.11. The number of pyridine rings is 1. The first-order valence-electron chi connectivity index (χ1n) is 4.73. The van der Waals surface area contributed by atoms with E-state index in [0.29, 0.717) is 0 Å². The number of alkyl halides is 2. The van der Waals surface area contributed by atoms with Crippen molar-refractivity contribution < 1.29 is 18.3 Å². The quantitative estimate of drug-likeness (QED) is 0.627. The van der Waals surface area contributed by atoms with Crippen LogP contribution in [0.15, 0.2) is 10.7 Å². The Kier molecular flexibility index (Phi) is 5.27. The molecule has 0 aliphatic heterocycles. The fourth-order valence-electron chi connectivity index (χ4n) is 1.28. The molecule has 1 aromatic heterocycles. The summed E-state index contributed by atoms with van der Waals surface area (Å²) in [5.41, 5.74) is -0.326. The van der Waals surface area contributed by atoms with Crippen molar-refractivity contribution >= 4 is 33.5 Å². The molecule has 1 rings (SSSR count). The maximum absolute atomic E-state index is 12.8. The molecule has 0 fully saturated rings. The van der Waals surface area contributed by atoms with Crippen molar-refractivity contribution in [1.29, 1.82) is 0 Å². The van der Waals surface area contributed by atoms with E-state index in [1.54, 1.807) is 6.92 Å². The van der Waals surface area contributed by atoms with E-state index in [1.807, 2.05) is 0 Å². The van der Waals surface area contributed by atoms with Crippen LogP contribution in [0, 0.1) is 0 Å². The van der Waals surface area contributed by atoms with E-state index in [9.17, 15) is 13.6 Å². The molecule has 0 aliphatic rings. The van der Waals surface area contributed by atoms with Gasteiger partial charge in [0.1, 0.15) is 5.15 Å². The number of carbonyl (C=O) groups is 1. The molecule has 0 atom stereocenters. The zero-order valence-corrected chi connectivity index (χ0v) is 11.2. The van der Waals surface area contributed by atoms with Crippen molar-refractivity contribution in [2.24, 2.45) is 0 Å². The SMILES string of the molecule is CCOC(=O)Cc1c(Cl)ncc(Br)c1C(F)F. The van der Waals surface area contributed by atoms with Crippen LogP contribution in [0.25, 0.3) is 0 Å². The van der Waals surface area contributed by atoms with Gasteiger partial charge in [-0.05, 0) is 22.9 Å². The molecular formula is C10H9BrClF2NO2. The van der Waals surface area contributed by atoms with Gasteiger partial charge < -0.3 is 4.74 Å². The second-order valence-corrected chi connectivity index (χ2v) is 4.28. The van der Waals surface area contributed by atoms with Gasteiger partial charge in [-0.15, -0.1) is 0 Å². The highest BCUT2D eigenvalue weighted by atomic mass is 79.9. The Hall–Kier alpha value is -0.750. The van der Waals surface area contributed by atoms with Gasteiger partial charge in [0.15, 0.2) is 0 Å². The zero-order chi connectivity index (χ0) is 13.0. The minimum absolute atomic E-state index is 0.00510. The number of carbonyl (C=O) groups excluding carboxylic acids is 1. The fourth-order valence-corrected chi connectivity index (χ4v) is 2.01. The van der Waals surface area contributed by atoms with Crippen LogP contribution in [0.2, 0.25) is 5.15 Å². The molecule has 0 aliphatic carbocycles. The highest BCUT2D eigenvalue weighted by molar-refractivity contribution is 9.10. The summed E-state index contributed by atoms with van der Waals surface area (Å²) in [6.07, 6.45) is -1.88. The molecule has 0 radical (unpaired) electrons. The van der Waals surface area contributed by atoms with Gasteiger partial charge in [0.2, 0.25) is 0 Å². The summed E-state index contributed by atoms with van der Waals surface area (Å²) in [5, 5.41) is -0.114. The Balaban J connectivity index is 3.12. The van der Waals surface area contributed by atoms with Crippen LogP contribution >= 0.6 is 27.5 Å². The Morgan fingerprint density at radius 3 is 2.82 bits per heavy atom. The van der Waals surface area contributed by atoms with Gasteiger partial charge in [-0.3, -0.25) is 4.79 Å². The van der Waals surface area contributed by atoms with Gasteiger partial charge in [-0.1, -0.05) is 11.6 Å². The highest BCUT2D eigenvalue weighted by Crippen LogP contribution is 2.33. The Morgan fingerprint density at radius 2 is 2.29 bits per heavy atom. The first-order valence-corrected chi connectivity index (χ1v) is 5.91. The molecule has 0 aromatic carbocycles. The van der Waals surface area contributed by atoms with Crippen LogP contribution in [0.5, 0.6) is 0 Å². The summed E-state index contributed by atoms with van der Waals surface area (Å²) < 4.78 is 30.5. The third-order valence-electron chi connectivity index (χ3n) is 1.97. The molecule has 0 N–H and O–H groups in total. The average molecular weight is 329 g/mol. The Bertz CT molecular complexity index is 429.